The Balaban J connectivity index is 2.37. The fourth-order valence-electron chi connectivity index (χ4n) is 2.42. The van der Waals surface area contributed by atoms with E-state index in [0.717, 1.165) is 5.56 Å². The van der Waals surface area contributed by atoms with Crippen LogP contribution < -0.4 is 5.32 Å². The highest BCUT2D eigenvalue weighted by Gasteiger charge is 2.31. The van der Waals surface area contributed by atoms with Crippen molar-refractivity contribution in [2.75, 3.05) is 39.5 Å². The van der Waals surface area contributed by atoms with Crippen LogP contribution in [0.2, 0.25) is 0 Å². The number of benzene rings is 1. The molecule has 1 atom stereocenters. The summed E-state index contributed by atoms with van der Waals surface area (Å²) in [6, 6.07) is 9.52. The van der Waals surface area contributed by atoms with Crippen molar-refractivity contribution in [3.8, 4) is 0 Å². The molecule has 0 radical (unpaired) electrons. The average molecular weight is 368 g/mol. The third-order valence-electron chi connectivity index (χ3n) is 3.70. The van der Waals surface area contributed by atoms with Crippen LogP contribution in [0.3, 0.4) is 0 Å². The molecule has 1 rings (SSSR count). The number of carbonyl (C=O) groups is 1. The molecule has 0 spiro atoms. The molecule has 3 N–H and O–H groups in total. The molecule has 1 unspecified atom stereocenters. The van der Waals surface area contributed by atoms with Crippen LogP contribution in [0, 0.1) is 5.41 Å². The summed E-state index contributed by atoms with van der Waals surface area (Å²) in [6.07, 6.45) is -0.621. The normalized spacial score (nSPS) is 12.7. The van der Waals surface area contributed by atoms with Gasteiger partial charge < -0.3 is 19.9 Å². The van der Waals surface area contributed by atoms with E-state index in [1.54, 1.807) is 0 Å². The van der Waals surface area contributed by atoms with E-state index < -0.39 is 12.2 Å². The summed E-state index contributed by atoms with van der Waals surface area (Å²) in [7, 11) is 0. The Morgan fingerprint density at radius 3 is 2.50 bits per heavy atom. The van der Waals surface area contributed by atoms with Crippen LogP contribution in [0.25, 0.3) is 0 Å². The number of ether oxygens (including phenoxy) is 2. The van der Waals surface area contributed by atoms with Crippen LogP contribution in [-0.2, 0) is 9.47 Å². The van der Waals surface area contributed by atoms with Crippen molar-refractivity contribution in [1.29, 1.82) is 0 Å². The van der Waals surface area contributed by atoms with E-state index in [9.17, 15) is 10.0 Å². The monoisotopic (exact) mass is 368 g/mol. The van der Waals surface area contributed by atoms with Gasteiger partial charge >= 0.3 is 6.09 Å². The van der Waals surface area contributed by atoms with E-state index in [1.165, 1.54) is 0 Å². The third-order valence-corrected chi connectivity index (χ3v) is 3.70. The van der Waals surface area contributed by atoms with E-state index in [2.05, 4.69) is 5.32 Å². The first kappa shape index (κ1) is 22.4. The van der Waals surface area contributed by atoms with Gasteiger partial charge in [-0.15, -0.1) is 0 Å². The summed E-state index contributed by atoms with van der Waals surface area (Å²) in [4.78, 5) is 12.2. The van der Waals surface area contributed by atoms with Crippen molar-refractivity contribution in [3.05, 3.63) is 35.9 Å². The fourth-order valence-corrected chi connectivity index (χ4v) is 2.42. The lowest BCUT2D eigenvalue weighted by Crippen LogP contribution is -2.34. The smallest absolute Gasteiger partial charge is 0.434 e. The van der Waals surface area contributed by atoms with Gasteiger partial charge in [-0.1, -0.05) is 51.1 Å². The van der Waals surface area contributed by atoms with E-state index in [0.29, 0.717) is 37.8 Å². The number of hydrogen-bond donors (Lipinski definition) is 3. The summed E-state index contributed by atoms with van der Waals surface area (Å²) < 4.78 is 10.7. The van der Waals surface area contributed by atoms with Gasteiger partial charge in [-0.25, -0.2) is 4.79 Å². The van der Waals surface area contributed by atoms with Crippen molar-refractivity contribution in [1.82, 2.24) is 10.4 Å². The summed E-state index contributed by atoms with van der Waals surface area (Å²) in [5.41, 5.74) is 0.597. The first-order valence-corrected chi connectivity index (χ1v) is 8.97. The second-order valence-corrected chi connectivity index (χ2v) is 7.10. The van der Waals surface area contributed by atoms with Crippen molar-refractivity contribution < 1.29 is 24.6 Å². The molecule has 1 aromatic carbocycles. The van der Waals surface area contributed by atoms with Gasteiger partial charge in [0.15, 0.2) is 0 Å². The summed E-state index contributed by atoms with van der Waals surface area (Å²) in [6.45, 7) is 8.27. The van der Waals surface area contributed by atoms with Gasteiger partial charge in [0, 0.05) is 12.0 Å². The summed E-state index contributed by atoms with van der Waals surface area (Å²) in [5.74, 6) is 0. The maximum Gasteiger partial charge on any atom is 0.434 e. The third kappa shape index (κ3) is 8.62. The summed E-state index contributed by atoms with van der Waals surface area (Å²) >= 11 is 0. The Morgan fingerprint density at radius 1 is 1.19 bits per heavy atom. The molecule has 0 fully saturated rings. The Morgan fingerprint density at radius 2 is 1.88 bits per heavy atom. The van der Waals surface area contributed by atoms with Crippen LogP contribution in [0.15, 0.2) is 30.3 Å². The molecule has 1 amide bonds. The van der Waals surface area contributed by atoms with E-state index in [1.807, 2.05) is 51.1 Å². The van der Waals surface area contributed by atoms with Gasteiger partial charge in [0.1, 0.15) is 6.10 Å². The van der Waals surface area contributed by atoms with Gasteiger partial charge in [-0.3, -0.25) is 5.21 Å². The number of rotatable bonds is 11. The molecule has 0 aromatic heterocycles. The van der Waals surface area contributed by atoms with E-state index in [4.69, 9.17) is 14.6 Å². The van der Waals surface area contributed by atoms with Gasteiger partial charge in [0.2, 0.25) is 0 Å². The number of hydrogen-bond acceptors (Lipinski definition) is 6. The number of aliphatic hydroxyl groups is 1. The molecule has 7 heteroatoms. The minimum Gasteiger partial charge on any atom is -0.439 e. The lowest BCUT2D eigenvalue weighted by molar-refractivity contribution is -0.0959. The standard InChI is InChI=1S/C19H32N2O5/c1-19(2,3)17(16-8-5-4-6-9-16)26-18(23)21(24)12-7-10-20-11-14-25-15-13-22/h4-6,8-9,17,20,22,24H,7,10-15H2,1-3H3. The number of aliphatic hydroxyl groups excluding tert-OH is 1. The Labute approximate surface area is 155 Å². The zero-order valence-electron chi connectivity index (χ0n) is 16.0. The Hall–Kier alpha value is -1.67. The molecule has 0 bridgehead atoms. The topological polar surface area (TPSA) is 91.3 Å². The van der Waals surface area contributed by atoms with E-state index >= 15 is 0 Å². The first-order valence-electron chi connectivity index (χ1n) is 8.97. The summed E-state index contributed by atoms with van der Waals surface area (Å²) in [5, 5.41) is 22.3. The SMILES string of the molecule is CC(C)(C)C(OC(=O)N(O)CCCNCCOCCO)c1ccccc1. The fraction of sp³-hybridized carbons (Fsp3) is 0.632. The highest BCUT2D eigenvalue weighted by molar-refractivity contribution is 5.66. The molecule has 148 valence electrons. The zero-order chi connectivity index (χ0) is 19.4. The molecule has 0 saturated heterocycles. The number of carbonyl (C=O) groups excluding carboxylic acids is 1. The van der Waals surface area contributed by atoms with Gasteiger partial charge in [0.05, 0.1) is 26.4 Å². The molecule has 0 aliphatic rings. The first-order chi connectivity index (χ1) is 12.4. The Kier molecular flexibility index (Phi) is 10.2. The van der Waals surface area contributed by atoms with Crippen molar-refractivity contribution in [2.24, 2.45) is 5.41 Å². The van der Waals surface area contributed by atoms with Crippen LogP contribution in [0.1, 0.15) is 38.9 Å². The molecule has 1 aromatic rings. The number of nitrogens with zero attached hydrogens (tertiary/aromatic N) is 1. The maximum absolute atomic E-state index is 12.2. The van der Waals surface area contributed by atoms with Gasteiger partial charge in [0.25, 0.3) is 0 Å². The van der Waals surface area contributed by atoms with Crippen molar-refractivity contribution in [2.45, 2.75) is 33.3 Å². The highest BCUT2D eigenvalue weighted by atomic mass is 16.6. The van der Waals surface area contributed by atoms with Crippen LogP contribution in [-0.4, -0.2) is 60.9 Å². The van der Waals surface area contributed by atoms with Crippen molar-refractivity contribution >= 4 is 6.09 Å². The number of hydroxylamine groups is 2. The predicted molar refractivity (Wildman–Crippen MR) is 99.0 cm³/mol. The number of nitrogens with one attached hydrogen (secondary N) is 1. The molecule has 0 aliphatic heterocycles. The minimum atomic E-state index is -0.750. The second-order valence-electron chi connectivity index (χ2n) is 7.10. The van der Waals surface area contributed by atoms with E-state index in [-0.39, 0.29) is 18.6 Å². The quantitative estimate of drug-likeness (QED) is 0.316. The van der Waals surface area contributed by atoms with Gasteiger partial charge in [-0.2, -0.15) is 5.06 Å². The molecule has 26 heavy (non-hydrogen) atoms. The Bertz CT molecular complexity index is 504. The highest BCUT2D eigenvalue weighted by Crippen LogP contribution is 2.36. The molecule has 0 saturated carbocycles. The minimum absolute atomic E-state index is 0.0140. The lowest BCUT2D eigenvalue weighted by Gasteiger charge is -2.31. The van der Waals surface area contributed by atoms with Crippen molar-refractivity contribution in [3.63, 3.8) is 0 Å². The van der Waals surface area contributed by atoms with Crippen LogP contribution in [0.4, 0.5) is 4.79 Å². The maximum atomic E-state index is 12.2. The molecule has 0 aliphatic carbocycles. The molecule has 0 heterocycles. The number of amides is 1. The zero-order valence-corrected chi connectivity index (χ0v) is 16.0. The predicted octanol–water partition coefficient (Wildman–Crippen LogP) is 2.59. The lowest BCUT2D eigenvalue weighted by atomic mass is 9.84. The molecule has 7 nitrogen and oxygen atoms in total. The largest absolute Gasteiger partial charge is 0.439 e. The van der Waals surface area contributed by atoms with Crippen LogP contribution >= 0.6 is 0 Å². The average Bonchev–Trinajstić information content (AvgIpc) is 2.61. The second kappa shape index (κ2) is 11.9. The molecular formula is C19H32N2O5. The van der Waals surface area contributed by atoms with Crippen LogP contribution in [0.5, 0.6) is 0 Å². The molecular weight excluding hydrogens is 336 g/mol. The van der Waals surface area contributed by atoms with Gasteiger partial charge in [-0.05, 0) is 18.5 Å².